The molecule has 0 unspecified atom stereocenters. The second kappa shape index (κ2) is 7.56. The first kappa shape index (κ1) is 16.9. The van der Waals surface area contributed by atoms with E-state index < -0.39 is 17.8 Å². The molecular weight excluding hydrogens is 287 g/mol. The summed E-state index contributed by atoms with van der Waals surface area (Å²) in [6, 6.07) is 6.53. The topological polar surface area (TPSA) is 47.6 Å². The molecule has 0 aromatic heterocycles. The summed E-state index contributed by atoms with van der Waals surface area (Å²) in [6.07, 6.45) is -4.24. The van der Waals surface area contributed by atoms with Crippen LogP contribution in [0, 0.1) is 0 Å². The lowest BCUT2D eigenvalue weighted by Crippen LogP contribution is -2.27. The van der Waals surface area contributed by atoms with Crippen LogP contribution in [0.15, 0.2) is 36.0 Å². The maximum absolute atomic E-state index is 12.8. The highest BCUT2D eigenvalue weighted by molar-refractivity contribution is 5.82. The molecule has 0 saturated carbocycles. The number of esters is 1. The number of hydrogen-bond acceptors (Lipinski definition) is 4. The summed E-state index contributed by atoms with van der Waals surface area (Å²) < 4.78 is 47.8. The molecule has 7 heteroatoms. The quantitative estimate of drug-likeness (QED) is 0.648. The van der Waals surface area contributed by atoms with Gasteiger partial charge in [-0.25, -0.2) is 4.79 Å². The lowest BCUT2D eigenvalue weighted by atomic mass is 10.2. The molecule has 0 aliphatic heterocycles. The summed E-state index contributed by atoms with van der Waals surface area (Å²) in [5.74, 6) is -0.427. The van der Waals surface area contributed by atoms with Crippen molar-refractivity contribution in [3.63, 3.8) is 0 Å². The normalized spacial score (nSPS) is 12.0. The van der Waals surface area contributed by atoms with Gasteiger partial charge in [0.15, 0.2) is 0 Å². The van der Waals surface area contributed by atoms with Crippen LogP contribution in [0.1, 0.15) is 12.5 Å². The van der Waals surface area contributed by atoms with Gasteiger partial charge in [-0.05, 0) is 24.6 Å². The fraction of sp³-hybridized carbons (Fsp3) is 0.357. The predicted molar refractivity (Wildman–Crippen MR) is 70.6 cm³/mol. The minimum Gasteiger partial charge on any atom is -0.497 e. The average molecular weight is 303 g/mol. The summed E-state index contributed by atoms with van der Waals surface area (Å²) in [5.41, 5.74) is -0.522. The zero-order valence-corrected chi connectivity index (χ0v) is 11.7. The molecule has 1 rings (SSSR count). The lowest BCUT2D eigenvalue weighted by Gasteiger charge is -2.14. The second-order valence-electron chi connectivity index (χ2n) is 4.01. The van der Waals surface area contributed by atoms with Crippen LogP contribution in [0.5, 0.6) is 5.75 Å². The summed E-state index contributed by atoms with van der Waals surface area (Å²) >= 11 is 0. The van der Waals surface area contributed by atoms with Crippen LogP contribution in [0.25, 0.3) is 0 Å². The molecular formula is C14H16F3NO3. The van der Waals surface area contributed by atoms with Gasteiger partial charge in [0.05, 0.1) is 19.8 Å². The predicted octanol–water partition coefficient (Wildman–Crippen LogP) is 2.79. The average Bonchev–Trinajstić information content (AvgIpc) is 2.43. The summed E-state index contributed by atoms with van der Waals surface area (Å²) in [6.45, 7) is 1.46. The van der Waals surface area contributed by atoms with Crippen molar-refractivity contribution in [2.45, 2.75) is 19.6 Å². The van der Waals surface area contributed by atoms with Crippen molar-refractivity contribution in [1.82, 2.24) is 5.32 Å². The number of benzene rings is 1. The standard InChI is InChI=1S/C14H16F3NO3/c1-3-21-13(19)8-12(14(15,16)17)18-9-10-4-6-11(20-2)7-5-10/h4-8,18H,3,9H2,1-2H3/b12-8-. The first-order valence-electron chi connectivity index (χ1n) is 6.19. The minimum absolute atomic E-state index is 0.0128. The van der Waals surface area contributed by atoms with Gasteiger partial charge in [0.25, 0.3) is 0 Å². The number of alkyl halides is 3. The van der Waals surface area contributed by atoms with Crippen LogP contribution in [-0.2, 0) is 16.1 Å². The Morgan fingerprint density at radius 3 is 2.38 bits per heavy atom. The Kier molecular flexibility index (Phi) is 6.08. The molecule has 0 radical (unpaired) electrons. The maximum atomic E-state index is 12.8. The Morgan fingerprint density at radius 2 is 1.90 bits per heavy atom. The molecule has 21 heavy (non-hydrogen) atoms. The largest absolute Gasteiger partial charge is 0.497 e. The van der Waals surface area contributed by atoms with E-state index in [1.165, 1.54) is 14.0 Å². The number of ether oxygens (including phenoxy) is 2. The molecule has 0 spiro atoms. The summed E-state index contributed by atoms with van der Waals surface area (Å²) in [4.78, 5) is 11.1. The molecule has 1 aromatic rings. The van der Waals surface area contributed by atoms with Crippen molar-refractivity contribution in [3.8, 4) is 5.75 Å². The van der Waals surface area contributed by atoms with Gasteiger partial charge < -0.3 is 14.8 Å². The van der Waals surface area contributed by atoms with Gasteiger partial charge in [-0.15, -0.1) is 0 Å². The van der Waals surface area contributed by atoms with Crippen molar-refractivity contribution < 1.29 is 27.4 Å². The van der Waals surface area contributed by atoms with Gasteiger partial charge in [0.1, 0.15) is 11.4 Å². The highest BCUT2D eigenvalue weighted by atomic mass is 19.4. The smallest absolute Gasteiger partial charge is 0.431 e. The number of hydrogen-bond donors (Lipinski definition) is 1. The number of carbonyl (C=O) groups is 1. The van der Waals surface area contributed by atoms with Crippen LogP contribution in [-0.4, -0.2) is 25.9 Å². The van der Waals surface area contributed by atoms with Gasteiger partial charge in [-0.1, -0.05) is 12.1 Å². The Bertz CT molecular complexity index is 495. The number of methoxy groups -OCH3 is 1. The highest BCUT2D eigenvalue weighted by Gasteiger charge is 2.34. The zero-order valence-electron chi connectivity index (χ0n) is 11.7. The minimum atomic E-state index is -4.65. The molecule has 0 aliphatic rings. The molecule has 0 aliphatic carbocycles. The first-order chi connectivity index (χ1) is 9.86. The Morgan fingerprint density at radius 1 is 1.29 bits per heavy atom. The molecule has 1 aromatic carbocycles. The van der Waals surface area contributed by atoms with Crippen LogP contribution in [0.4, 0.5) is 13.2 Å². The number of allylic oxidation sites excluding steroid dienone is 1. The fourth-order valence-corrected chi connectivity index (χ4v) is 1.48. The van der Waals surface area contributed by atoms with Crippen molar-refractivity contribution in [3.05, 3.63) is 41.6 Å². The molecule has 0 heterocycles. The maximum Gasteiger partial charge on any atom is 0.431 e. The summed E-state index contributed by atoms with van der Waals surface area (Å²) in [7, 11) is 1.50. The van der Waals surface area contributed by atoms with Crippen LogP contribution >= 0.6 is 0 Å². The molecule has 0 saturated heterocycles. The van der Waals surface area contributed by atoms with Crippen LogP contribution < -0.4 is 10.1 Å². The SMILES string of the molecule is CCOC(=O)/C=C(\NCc1ccc(OC)cc1)C(F)(F)F. The molecule has 1 N–H and O–H groups in total. The monoisotopic (exact) mass is 303 g/mol. The van der Waals surface area contributed by atoms with E-state index in [9.17, 15) is 18.0 Å². The van der Waals surface area contributed by atoms with Crippen LogP contribution in [0.3, 0.4) is 0 Å². The van der Waals surface area contributed by atoms with E-state index in [1.54, 1.807) is 24.3 Å². The zero-order chi connectivity index (χ0) is 15.9. The Labute approximate surface area is 120 Å². The fourth-order valence-electron chi connectivity index (χ4n) is 1.48. The van der Waals surface area contributed by atoms with E-state index in [2.05, 4.69) is 10.1 Å². The molecule has 0 fully saturated rings. The van der Waals surface area contributed by atoms with Gasteiger partial charge in [0, 0.05) is 6.54 Å². The van der Waals surface area contributed by atoms with Crippen molar-refractivity contribution >= 4 is 5.97 Å². The third kappa shape index (κ3) is 5.76. The summed E-state index contributed by atoms with van der Waals surface area (Å²) in [5, 5.41) is 2.20. The van der Waals surface area contributed by atoms with E-state index in [1.807, 2.05) is 0 Å². The van der Waals surface area contributed by atoms with E-state index >= 15 is 0 Å². The lowest BCUT2D eigenvalue weighted by molar-refractivity contribution is -0.138. The number of carbonyl (C=O) groups excluding carboxylic acids is 1. The third-order valence-corrected chi connectivity index (χ3v) is 2.50. The third-order valence-electron chi connectivity index (χ3n) is 2.50. The highest BCUT2D eigenvalue weighted by Crippen LogP contribution is 2.24. The van der Waals surface area contributed by atoms with E-state index in [0.29, 0.717) is 17.4 Å². The van der Waals surface area contributed by atoms with Crippen molar-refractivity contribution in [2.24, 2.45) is 0 Å². The van der Waals surface area contributed by atoms with Gasteiger partial charge >= 0.3 is 12.1 Å². The molecule has 116 valence electrons. The van der Waals surface area contributed by atoms with E-state index in [4.69, 9.17) is 4.74 Å². The molecule has 0 atom stereocenters. The Hall–Kier alpha value is -2.18. The first-order valence-corrected chi connectivity index (χ1v) is 6.19. The molecule has 0 bridgehead atoms. The number of nitrogens with one attached hydrogen (secondary N) is 1. The Balaban J connectivity index is 2.75. The van der Waals surface area contributed by atoms with E-state index in [-0.39, 0.29) is 13.2 Å². The number of rotatable bonds is 6. The van der Waals surface area contributed by atoms with Gasteiger partial charge in [0.2, 0.25) is 0 Å². The second-order valence-corrected chi connectivity index (χ2v) is 4.01. The van der Waals surface area contributed by atoms with E-state index in [0.717, 1.165) is 0 Å². The van der Waals surface area contributed by atoms with Crippen LogP contribution in [0.2, 0.25) is 0 Å². The van der Waals surface area contributed by atoms with Gasteiger partial charge in [-0.3, -0.25) is 0 Å². The van der Waals surface area contributed by atoms with Crippen molar-refractivity contribution in [2.75, 3.05) is 13.7 Å². The number of halogens is 3. The molecule has 4 nitrogen and oxygen atoms in total. The molecule has 0 amide bonds. The van der Waals surface area contributed by atoms with Gasteiger partial charge in [-0.2, -0.15) is 13.2 Å². The van der Waals surface area contributed by atoms with Crippen molar-refractivity contribution in [1.29, 1.82) is 0 Å².